The van der Waals surface area contributed by atoms with Crippen LogP contribution in [0.2, 0.25) is 0 Å². The van der Waals surface area contributed by atoms with Gasteiger partial charge in [0.25, 0.3) is 5.56 Å². The number of nitrogens with one attached hydrogen (secondary N) is 1. The molecule has 0 radical (unpaired) electrons. The number of thioether (sulfide) groups is 1. The Hall–Kier alpha value is -3.29. The van der Waals surface area contributed by atoms with Gasteiger partial charge in [0.2, 0.25) is 5.91 Å². The average molecular weight is 496 g/mol. The number of hydrogen-bond acceptors (Lipinski definition) is 8. The number of aromatic nitrogens is 2. The lowest BCUT2D eigenvalue weighted by atomic mass is 9.97. The van der Waals surface area contributed by atoms with Crippen molar-refractivity contribution in [2.75, 3.05) is 23.9 Å². The lowest BCUT2D eigenvalue weighted by Crippen LogP contribution is -2.19. The summed E-state index contributed by atoms with van der Waals surface area (Å²) < 4.78 is 7.02. The Bertz CT molecular complexity index is 1310. The smallest absolute Gasteiger partial charge is 0.275 e. The first-order valence-electron chi connectivity index (χ1n) is 11.0. The molecule has 0 aliphatic heterocycles. The van der Waals surface area contributed by atoms with Crippen LogP contribution in [0.1, 0.15) is 41.7 Å². The van der Waals surface area contributed by atoms with Gasteiger partial charge in [-0.15, -0.1) is 11.3 Å². The largest absolute Gasteiger partial charge is 0.495 e. The molecule has 176 valence electrons. The molecule has 0 bridgehead atoms. The number of nitrogens with zero attached hydrogens (tertiary/aromatic N) is 3. The highest BCUT2D eigenvalue weighted by Gasteiger charge is 2.21. The van der Waals surface area contributed by atoms with E-state index >= 15 is 0 Å². The highest BCUT2D eigenvalue weighted by Crippen LogP contribution is 2.37. The minimum atomic E-state index is -0.489. The first-order valence-corrected chi connectivity index (χ1v) is 12.8. The molecule has 0 unspecified atom stereocenters. The first kappa shape index (κ1) is 23.9. The number of carbonyl (C=O) groups excluding carboxylic acids is 1. The van der Waals surface area contributed by atoms with Crippen LogP contribution in [0.15, 0.2) is 40.3 Å². The van der Waals surface area contributed by atoms with Crippen molar-refractivity contribution < 1.29 is 9.53 Å². The Labute approximate surface area is 205 Å². The second-order valence-corrected chi connectivity index (χ2v) is 9.93. The van der Waals surface area contributed by atoms with Crippen LogP contribution >= 0.6 is 23.1 Å². The van der Waals surface area contributed by atoms with E-state index in [1.165, 1.54) is 35.1 Å². The quantitative estimate of drug-likeness (QED) is 0.389. The van der Waals surface area contributed by atoms with E-state index in [0.29, 0.717) is 22.0 Å². The van der Waals surface area contributed by atoms with E-state index in [1.54, 1.807) is 23.8 Å². The van der Waals surface area contributed by atoms with Gasteiger partial charge >= 0.3 is 0 Å². The molecule has 4 rings (SSSR count). The SMILES string of the molecule is COc1ccccc1-n1c(N)cc(=O)nc1SCC(=O)Nc1sc2c(c1C#N)CCCCCC2. The summed E-state index contributed by atoms with van der Waals surface area (Å²) in [5.74, 6) is 0.468. The number of aryl methyl sites for hydroxylation is 1. The van der Waals surface area contributed by atoms with Crippen molar-refractivity contribution in [2.45, 2.75) is 43.7 Å². The van der Waals surface area contributed by atoms with Crippen LogP contribution in [-0.4, -0.2) is 28.3 Å². The Morgan fingerprint density at radius 1 is 1.29 bits per heavy atom. The summed E-state index contributed by atoms with van der Waals surface area (Å²) >= 11 is 2.60. The second kappa shape index (κ2) is 10.8. The van der Waals surface area contributed by atoms with Gasteiger partial charge < -0.3 is 15.8 Å². The fourth-order valence-electron chi connectivity index (χ4n) is 4.05. The standard InChI is InChI=1S/C24H25N5O3S2/c1-32-18-10-7-6-9-17(18)29-20(26)12-21(30)28-24(29)33-14-22(31)27-23-16(13-25)15-8-4-2-3-5-11-19(15)34-23/h6-7,9-10,12H,2-5,8,11,14,26H2,1H3,(H,27,31). The zero-order chi connectivity index (χ0) is 24.1. The van der Waals surface area contributed by atoms with E-state index in [1.807, 2.05) is 12.1 Å². The molecule has 1 aliphatic carbocycles. The molecule has 8 nitrogen and oxygen atoms in total. The number of benzene rings is 1. The van der Waals surface area contributed by atoms with E-state index in [9.17, 15) is 14.9 Å². The van der Waals surface area contributed by atoms with E-state index in [-0.39, 0.29) is 22.6 Å². The second-order valence-electron chi connectivity index (χ2n) is 7.88. The van der Waals surface area contributed by atoms with E-state index < -0.39 is 5.56 Å². The number of para-hydroxylation sites is 2. The molecular weight excluding hydrogens is 470 g/mol. The van der Waals surface area contributed by atoms with E-state index in [2.05, 4.69) is 16.4 Å². The van der Waals surface area contributed by atoms with Crippen LogP contribution in [0, 0.1) is 11.3 Å². The third-order valence-electron chi connectivity index (χ3n) is 5.62. The molecule has 3 N–H and O–H groups in total. The Kier molecular flexibility index (Phi) is 7.55. The van der Waals surface area contributed by atoms with Crippen LogP contribution in [-0.2, 0) is 17.6 Å². The molecule has 0 saturated heterocycles. The van der Waals surface area contributed by atoms with Crippen molar-refractivity contribution in [2.24, 2.45) is 0 Å². The van der Waals surface area contributed by atoms with Gasteiger partial charge in [0.05, 0.1) is 24.1 Å². The summed E-state index contributed by atoms with van der Waals surface area (Å²) in [6.45, 7) is 0. The molecule has 2 heterocycles. The maximum Gasteiger partial charge on any atom is 0.275 e. The predicted octanol–water partition coefficient (Wildman–Crippen LogP) is 4.15. The Balaban J connectivity index is 1.56. The number of rotatable bonds is 6. The van der Waals surface area contributed by atoms with Crippen LogP contribution in [0.5, 0.6) is 5.75 Å². The summed E-state index contributed by atoms with van der Waals surface area (Å²) in [4.78, 5) is 30.2. The molecule has 2 aromatic heterocycles. The van der Waals surface area contributed by atoms with Crippen molar-refractivity contribution in [3.63, 3.8) is 0 Å². The molecule has 0 spiro atoms. The number of methoxy groups -OCH3 is 1. The Morgan fingerprint density at radius 2 is 2.06 bits per heavy atom. The summed E-state index contributed by atoms with van der Waals surface area (Å²) in [6.07, 6.45) is 6.33. The molecule has 3 aromatic rings. The summed E-state index contributed by atoms with van der Waals surface area (Å²) in [6, 6.07) is 10.7. The minimum Gasteiger partial charge on any atom is -0.495 e. The Morgan fingerprint density at radius 3 is 2.82 bits per heavy atom. The van der Waals surface area contributed by atoms with Gasteiger partial charge in [0.15, 0.2) is 5.16 Å². The van der Waals surface area contributed by atoms with Crippen molar-refractivity contribution in [1.29, 1.82) is 5.26 Å². The van der Waals surface area contributed by atoms with Crippen LogP contribution in [0.4, 0.5) is 10.8 Å². The first-order chi connectivity index (χ1) is 16.5. The number of thiophene rings is 1. The summed E-state index contributed by atoms with van der Waals surface area (Å²) in [5.41, 5.74) is 7.93. The third kappa shape index (κ3) is 5.11. The molecule has 1 amide bonds. The number of fused-ring (bicyclic) bond motifs is 1. The minimum absolute atomic E-state index is 0.00151. The molecule has 1 aliphatic rings. The van der Waals surface area contributed by atoms with Crippen molar-refractivity contribution >= 4 is 39.8 Å². The van der Waals surface area contributed by atoms with Crippen LogP contribution in [0.3, 0.4) is 0 Å². The van der Waals surface area contributed by atoms with Gasteiger partial charge in [0, 0.05) is 10.9 Å². The van der Waals surface area contributed by atoms with Crippen molar-refractivity contribution in [1.82, 2.24) is 9.55 Å². The number of anilines is 2. The number of hydrogen-bond donors (Lipinski definition) is 2. The lowest BCUT2D eigenvalue weighted by Gasteiger charge is -2.17. The maximum absolute atomic E-state index is 12.8. The van der Waals surface area contributed by atoms with Gasteiger partial charge in [-0.1, -0.05) is 36.7 Å². The molecular formula is C24H25N5O3S2. The lowest BCUT2D eigenvalue weighted by molar-refractivity contribution is -0.113. The van der Waals surface area contributed by atoms with Crippen molar-refractivity contribution in [3.8, 4) is 17.5 Å². The van der Waals surface area contributed by atoms with Crippen molar-refractivity contribution in [3.05, 3.63) is 56.7 Å². The van der Waals surface area contributed by atoms with Gasteiger partial charge in [-0.05, 0) is 43.4 Å². The number of carbonyl (C=O) groups is 1. The normalized spacial score (nSPS) is 13.3. The van der Waals surface area contributed by atoms with Gasteiger partial charge in [-0.2, -0.15) is 10.2 Å². The molecule has 0 saturated carbocycles. The topological polar surface area (TPSA) is 123 Å². The number of nitrogen functional groups attached to an aromatic ring is 1. The summed E-state index contributed by atoms with van der Waals surface area (Å²) in [5, 5.41) is 13.5. The van der Waals surface area contributed by atoms with Gasteiger partial charge in [0.1, 0.15) is 22.6 Å². The van der Waals surface area contributed by atoms with Crippen LogP contribution in [0.25, 0.3) is 5.69 Å². The number of ether oxygens (including phenoxy) is 1. The number of amides is 1. The molecule has 0 atom stereocenters. The zero-order valence-electron chi connectivity index (χ0n) is 18.8. The van der Waals surface area contributed by atoms with Gasteiger partial charge in [-0.3, -0.25) is 14.2 Å². The highest BCUT2D eigenvalue weighted by atomic mass is 32.2. The number of nitrogens with two attached hydrogens (primary N) is 1. The monoisotopic (exact) mass is 495 g/mol. The fraction of sp³-hybridized carbons (Fsp3) is 0.333. The fourth-order valence-corrected chi connectivity index (χ4v) is 6.13. The zero-order valence-corrected chi connectivity index (χ0v) is 20.4. The van der Waals surface area contributed by atoms with E-state index in [4.69, 9.17) is 10.5 Å². The maximum atomic E-state index is 12.8. The molecule has 34 heavy (non-hydrogen) atoms. The third-order valence-corrected chi connectivity index (χ3v) is 7.77. The van der Waals surface area contributed by atoms with E-state index in [0.717, 1.165) is 43.0 Å². The average Bonchev–Trinajstić information content (AvgIpc) is 3.12. The summed E-state index contributed by atoms with van der Waals surface area (Å²) in [7, 11) is 1.54. The molecule has 0 fully saturated rings. The molecule has 10 heteroatoms. The highest BCUT2D eigenvalue weighted by molar-refractivity contribution is 7.99. The van der Waals surface area contributed by atoms with Crippen LogP contribution < -0.4 is 21.3 Å². The van der Waals surface area contributed by atoms with Gasteiger partial charge in [-0.25, -0.2) is 0 Å². The predicted molar refractivity (Wildman–Crippen MR) is 135 cm³/mol. The number of nitriles is 1. The molecule has 1 aromatic carbocycles.